The molecule has 4 aliphatic rings. The lowest BCUT2D eigenvalue weighted by Gasteiger charge is -2.27. The van der Waals surface area contributed by atoms with Crippen LogP contribution in [0.2, 0.25) is 5.02 Å². The fourth-order valence-corrected chi connectivity index (χ4v) is 8.34. The lowest BCUT2D eigenvalue weighted by Crippen LogP contribution is -2.56. The largest absolute Gasteiger partial charge is 0.494 e. The van der Waals surface area contributed by atoms with Gasteiger partial charge in [-0.15, -0.1) is 0 Å². The number of carbonyl (C=O) groups is 3. The van der Waals surface area contributed by atoms with E-state index >= 15 is 0 Å². The van der Waals surface area contributed by atoms with Crippen molar-refractivity contribution < 1.29 is 32.3 Å². The number of fused-ring (bicyclic) bond motifs is 3. The van der Waals surface area contributed by atoms with Crippen LogP contribution in [0.3, 0.4) is 0 Å². The number of ether oxygens (including phenoxy) is 2. The Morgan fingerprint density at radius 2 is 1.93 bits per heavy atom. The molecule has 3 heterocycles. The molecule has 11 nitrogen and oxygen atoms in total. The molecule has 2 aliphatic heterocycles. The Morgan fingerprint density at radius 1 is 1.15 bits per heavy atom. The van der Waals surface area contributed by atoms with E-state index in [9.17, 15) is 22.8 Å². The van der Waals surface area contributed by atoms with Crippen molar-refractivity contribution in [2.75, 3.05) is 13.7 Å². The zero-order valence-corrected chi connectivity index (χ0v) is 27.9. The van der Waals surface area contributed by atoms with E-state index in [0.717, 1.165) is 19.3 Å². The van der Waals surface area contributed by atoms with Crippen LogP contribution in [0.4, 0.5) is 0 Å². The van der Waals surface area contributed by atoms with Gasteiger partial charge >= 0.3 is 0 Å². The van der Waals surface area contributed by atoms with Gasteiger partial charge in [0.25, 0.3) is 5.91 Å². The monoisotopic (exact) mass is 672 g/mol. The molecule has 46 heavy (non-hydrogen) atoms. The minimum atomic E-state index is -3.83. The van der Waals surface area contributed by atoms with Crippen molar-refractivity contribution in [2.45, 2.75) is 88.1 Å². The number of nitrogens with zero attached hydrogens (tertiary/aromatic N) is 2. The fraction of sp³-hybridized carbons (Fsp3) is 0.576. The molecule has 0 bridgehead atoms. The Balaban J connectivity index is 1.29. The number of methoxy groups -OCH3 is 1. The van der Waals surface area contributed by atoms with E-state index in [1.54, 1.807) is 12.1 Å². The first-order valence-electron chi connectivity index (χ1n) is 16.1. The number of benzene rings is 1. The van der Waals surface area contributed by atoms with Gasteiger partial charge < -0.3 is 19.7 Å². The lowest BCUT2D eigenvalue weighted by molar-refractivity contribution is -0.140. The number of hydrogen-bond acceptors (Lipinski definition) is 8. The number of nitrogens with one attached hydrogen (secondary N) is 2. The summed E-state index contributed by atoms with van der Waals surface area (Å²) < 4.78 is 39.5. The third kappa shape index (κ3) is 6.56. The molecule has 2 aromatic rings. The average molecular weight is 673 g/mol. The third-order valence-electron chi connectivity index (χ3n) is 9.69. The van der Waals surface area contributed by atoms with E-state index in [0.29, 0.717) is 40.3 Å². The summed E-state index contributed by atoms with van der Waals surface area (Å²) in [7, 11) is -2.30. The number of amides is 3. The van der Waals surface area contributed by atoms with Gasteiger partial charge in [-0.1, -0.05) is 56.5 Å². The number of aromatic nitrogens is 1. The lowest BCUT2D eigenvalue weighted by atomic mass is 9.95. The second-order valence-electron chi connectivity index (χ2n) is 13.4. The molecule has 1 aromatic heterocycles. The van der Waals surface area contributed by atoms with Crippen LogP contribution in [0.5, 0.6) is 11.6 Å². The minimum absolute atomic E-state index is 0.116. The van der Waals surface area contributed by atoms with E-state index in [-0.39, 0.29) is 49.5 Å². The molecule has 0 spiro atoms. The predicted molar refractivity (Wildman–Crippen MR) is 173 cm³/mol. The molecule has 6 atom stereocenters. The number of carbonyl (C=O) groups excluding carboxylic acids is 3. The van der Waals surface area contributed by atoms with E-state index < -0.39 is 44.8 Å². The Hall–Kier alpha value is -3.38. The van der Waals surface area contributed by atoms with Crippen LogP contribution in [0.25, 0.3) is 10.8 Å². The van der Waals surface area contributed by atoms with Crippen molar-refractivity contribution in [3.8, 4) is 11.6 Å². The molecule has 3 fully saturated rings. The zero-order chi connectivity index (χ0) is 32.8. The van der Waals surface area contributed by atoms with Crippen LogP contribution in [0.15, 0.2) is 36.5 Å². The van der Waals surface area contributed by atoms with Crippen molar-refractivity contribution in [3.05, 3.63) is 41.6 Å². The van der Waals surface area contributed by atoms with Gasteiger partial charge in [0.2, 0.25) is 27.7 Å². The van der Waals surface area contributed by atoms with E-state index in [1.807, 2.05) is 25.1 Å². The summed E-state index contributed by atoms with van der Waals surface area (Å²) in [5.74, 6) is -0.640. The van der Waals surface area contributed by atoms with Crippen LogP contribution in [0.1, 0.15) is 65.2 Å². The van der Waals surface area contributed by atoms with Gasteiger partial charge in [-0.2, -0.15) is 0 Å². The first kappa shape index (κ1) is 32.6. The van der Waals surface area contributed by atoms with Crippen LogP contribution in [-0.2, 0) is 24.4 Å². The molecule has 13 heteroatoms. The highest BCUT2D eigenvalue weighted by Crippen LogP contribution is 2.46. The van der Waals surface area contributed by atoms with E-state index in [1.165, 1.54) is 18.2 Å². The summed E-state index contributed by atoms with van der Waals surface area (Å²) in [5.41, 5.74) is -1.42. The number of rotatable bonds is 6. The van der Waals surface area contributed by atoms with Gasteiger partial charge in [-0.05, 0) is 49.7 Å². The quantitative estimate of drug-likeness (QED) is 0.436. The second-order valence-corrected chi connectivity index (χ2v) is 15.7. The van der Waals surface area contributed by atoms with Crippen molar-refractivity contribution in [2.24, 2.45) is 17.8 Å². The molecule has 0 unspecified atom stereocenters. The standard InChI is InChI=1S/C33H41ClN4O7S/c1-19-6-4-7-20(2)14-28(39)38-18-22(45-31-24-8-5-9-25(34)29(24)27(44-3)17-35-31)15-26(38)30(40)36-33(16-21(33)11-10-19)32(41)37-46(42,43)23-12-13-23/h5,8-11,17,19-23,26H,4,6-7,12-16,18H2,1-3H3,(H,36,40)(H,37,41)/b11-10-/t19-,20-,21-,22-,26+,33-/m1/s1. The van der Waals surface area contributed by atoms with Crippen molar-refractivity contribution in [1.29, 1.82) is 0 Å². The molecule has 6 rings (SSSR count). The van der Waals surface area contributed by atoms with E-state index in [2.05, 4.69) is 21.9 Å². The summed E-state index contributed by atoms with van der Waals surface area (Å²) in [5, 5.41) is 4.07. The number of halogens is 1. The molecule has 2 aliphatic carbocycles. The van der Waals surface area contributed by atoms with Crippen LogP contribution in [-0.4, -0.2) is 72.6 Å². The Kier molecular flexibility index (Phi) is 8.97. The Labute approximate surface area is 274 Å². The van der Waals surface area contributed by atoms with E-state index in [4.69, 9.17) is 21.1 Å². The topological polar surface area (TPSA) is 144 Å². The smallest absolute Gasteiger partial charge is 0.259 e. The highest BCUT2D eigenvalue weighted by atomic mass is 35.5. The van der Waals surface area contributed by atoms with Gasteiger partial charge in [-0.25, -0.2) is 13.4 Å². The maximum atomic E-state index is 14.1. The van der Waals surface area contributed by atoms with Crippen LogP contribution >= 0.6 is 11.6 Å². The molecule has 3 amide bonds. The highest BCUT2D eigenvalue weighted by Gasteiger charge is 2.62. The van der Waals surface area contributed by atoms with Gasteiger partial charge in [0.1, 0.15) is 23.4 Å². The van der Waals surface area contributed by atoms with Crippen molar-refractivity contribution in [3.63, 3.8) is 0 Å². The first-order chi connectivity index (χ1) is 21.9. The molecular formula is C33H41ClN4O7S. The highest BCUT2D eigenvalue weighted by molar-refractivity contribution is 7.91. The molecule has 2 saturated carbocycles. The number of allylic oxidation sites excluding steroid dienone is 1. The Morgan fingerprint density at radius 3 is 2.67 bits per heavy atom. The SMILES string of the molecule is COc1cnc(O[C@@H]2C[C@H]3C(=O)N[C@]4(C(=O)NS(=O)(=O)C5CC5)C[C@H]4/C=C\[C@H](C)CCC[C@@H](C)CC(=O)N3C2)c2cccc(Cl)c12. The molecule has 1 aromatic carbocycles. The summed E-state index contributed by atoms with van der Waals surface area (Å²) >= 11 is 6.49. The number of hydrogen-bond donors (Lipinski definition) is 2. The second kappa shape index (κ2) is 12.7. The first-order valence-corrected chi connectivity index (χ1v) is 18.0. The maximum Gasteiger partial charge on any atom is 0.259 e. The maximum absolute atomic E-state index is 14.1. The number of sulfonamides is 1. The fourth-order valence-electron chi connectivity index (χ4n) is 6.71. The van der Waals surface area contributed by atoms with Crippen molar-refractivity contribution >= 4 is 50.1 Å². The molecule has 248 valence electrons. The molecule has 2 N–H and O–H groups in total. The van der Waals surface area contributed by atoms with Crippen LogP contribution < -0.4 is 19.5 Å². The van der Waals surface area contributed by atoms with Gasteiger partial charge in [-0.3, -0.25) is 19.1 Å². The number of pyridine rings is 1. The average Bonchev–Trinajstić information content (AvgIpc) is 3.93. The summed E-state index contributed by atoms with van der Waals surface area (Å²) in [6.07, 6.45) is 9.35. The Bertz CT molecular complexity index is 1680. The molecular weight excluding hydrogens is 632 g/mol. The van der Waals surface area contributed by atoms with Crippen LogP contribution in [0, 0.1) is 17.8 Å². The van der Waals surface area contributed by atoms with Gasteiger partial charge in [0, 0.05) is 29.5 Å². The predicted octanol–water partition coefficient (Wildman–Crippen LogP) is 4.13. The van der Waals surface area contributed by atoms with Crippen molar-refractivity contribution in [1.82, 2.24) is 19.9 Å². The molecule has 0 radical (unpaired) electrons. The third-order valence-corrected chi connectivity index (χ3v) is 11.8. The summed E-state index contributed by atoms with van der Waals surface area (Å²) in [6.45, 7) is 4.28. The minimum Gasteiger partial charge on any atom is -0.494 e. The van der Waals surface area contributed by atoms with Gasteiger partial charge in [0.15, 0.2) is 0 Å². The van der Waals surface area contributed by atoms with Gasteiger partial charge in [0.05, 0.1) is 30.1 Å². The molecule has 1 saturated heterocycles. The zero-order valence-electron chi connectivity index (χ0n) is 26.3. The normalized spacial score (nSPS) is 31.1. The summed E-state index contributed by atoms with van der Waals surface area (Å²) in [6, 6.07) is 4.43. The summed E-state index contributed by atoms with van der Waals surface area (Å²) in [4.78, 5) is 47.4.